The Morgan fingerprint density at radius 1 is 1.11 bits per heavy atom. The highest BCUT2D eigenvalue weighted by Crippen LogP contribution is 2.39. The van der Waals surface area contributed by atoms with Crippen LogP contribution in [0.15, 0.2) is 24.3 Å². The van der Waals surface area contributed by atoms with Crippen LogP contribution in [0.25, 0.3) is 0 Å². The number of nitrogens with zero attached hydrogens (tertiary/aromatic N) is 1. The molecule has 1 saturated heterocycles. The minimum absolute atomic E-state index is 0.283. The van der Waals surface area contributed by atoms with Crippen LogP contribution in [0.5, 0.6) is 5.75 Å². The van der Waals surface area contributed by atoms with Gasteiger partial charge in [-0.15, -0.1) is 0 Å². The van der Waals surface area contributed by atoms with Crippen LogP contribution in [0.3, 0.4) is 0 Å². The first kappa shape index (κ1) is 13.2. The number of hydrogen-bond acceptors (Lipinski definition) is 2. The lowest BCUT2D eigenvalue weighted by Gasteiger charge is -2.29. The van der Waals surface area contributed by atoms with Crippen LogP contribution in [-0.2, 0) is 0 Å². The van der Waals surface area contributed by atoms with Gasteiger partial charge in [0.05, 0.1) is 7.11 Å². The van der Waals surface area contributed by atoms with Gasteiger partial charge in [-0.2, -0.15) is 13.2 Å². The monoisotopic (exact) mass is 259 g/mol. The summed E-state index contributed by atoms with van der Waals surface area (Å²) in [5.41, 5.74) is 0.283. The maximum absolute atomic E-state index is 13.2. The Hall–Kier alpha value is -1.23. The highest BCUT2D eigenvalue weighted by molar-refractivity contribution is 5.30. The van der Waals surface area contributed by atoms with E-state index in [-0.39, 0.29) is 5.56 Å². The van der Waals surface area contributed by atoms with Crippen molar-refractivity contribution in [2.75, 3.05) is 20.2 Å². The molecule has 0 aliphatic carbocycles. The van der Waals surface area contributed by atoms with E-state index in [9.17, 15) is 13.2 Å². The van der Waals surface area contributed by atoms with Crippen LogP contribution in [-0.4, -0.2) is 31.3 Å². The number of likely N-dealkylation sites (tertiary alicyclic amines) is 1. The predicted molar refractivity (Wildman–Crippen MR) is 62.6 cm³/mol. The van der Waals surface area contributed by atoms with Crippen LogP contribution in [0.4, 0.5) is 13.2 Å². The van der Waals surface area contributed by atoms with Gasteiger partial charge in [-0.05, 0) is 43.6 Å². The number of benzene rings is 1. The number of alkyl halides is 3. The lowest BCUT2D eigenvalue weighted by Crippen LogP contribution is -2.36. The number of rotatable bonds is 3. The van der Waals surface area contributed by atoms with E-state index >= 15 is 0 Å². The molecule has 0 radical (unpaired) electrons. The molecule has 5 heteroatoms. The summed E-state index contributed by atoms with van der Waals surface area (Å²) in [6, 6.07) is 4.64. The molecule has 1 aliphatic heterocycles. The van der Waals surface area contributed by atoms with Crippen molar-refractivity contribution in [1.82, 2.24) is 4.90 Å². The molecule has 0 N–H and O–H groups in total. The first-order valence-corrected chi connectivity index (χ1v) is 5.97. The molecule has 0 aromatic heterocycles. The van der Waals surface area contributed by atoms with E-state index in [1.165, 1.54) is 24.1 Å². The third-order valence-corrected chi connectivity index (χ3v) is 3.25. The Morgan fingerprint density at radius 3 is 2.11 bits per heavy atom. The van der Waals surface area contributed by atoms with Gasteiger partial charge >= 0.3 is 6.18 Å². The van der Waals surface area contributed by atoms with E-state index in [0.717, 1.165) is 12.8 Å². The summed E-state index contributed by atoms with van der Waals surface area (Å²) < 4.78 is 44.5. The van der Waals surface area contributed by atoms with Crippen LogP contribution in [0.2, 0.25) is 0 Å². The summed E-state index contributed by atoms with van der Waals surface area (Å²) in [7, 11) is 1.50. The van der Waals surface area contributed by atoms with Gasteiger partial charge in [-0.25, -0.2) is 0 Å². The molecule has 1 aliphatic rings. The highest BCUT2D eigenvalue weighted by atomic mass is 19.4. The Labute approximate surface area is 104 Å². The molecule has 1 heterocycles. The fourth-order valence-electron chi connectivity index (χ4n) is 2.39. The average Bonchev–Trinajstić information content (AvgIpc) is 2.82. The van der Waals surface area contributed by atoms with Gasteiger partial charge in [-0.3, -0.25) is 4.90 Å². The third kappa shape index (κ3) is 2.77. The molecule has 100 valence electrons. The molecule has 2 nitrogen and oxygen atoms in total. The molecular weight excluding hydrogens is 243 g/mol. The van der Waals surface area contributed by atoms with Crippen LogP contribution in [0, 0.1) is 0 Å². The van der Waals surface area contributed by atoms with Crippen molar-refractivity contribution in [3.8, 4) is 5.75 Å². The van der Waals surface area contributed by atoms with E-state index in [1.54, 1.807) is 12.1 Å². The predicted octanol–water partition coefficient (Wildman–Crippen LogP) is 3.39. The highest BCUT2D eigenvalue weighted by Gasteiger charge is 2.45. The zero-order valence-corrected chi connectivity index (χ0v) is 10.2. The number of ether oxygens (including phenoxy) is 1. The lowest BCUT2D eigenvalue weighted by molar-refractivity contribution is -0.183. The second-order valence-corrected chi connectivity index (χ2v) is 4.46. The number of methoxy groups -OCH3 is 1. The van der Waals surface area contributed by atoms with E-state index in [0.29, 0.717) is 18.8 Å². The van der Waals surface area contributed by atoms with Crippen molar-refractivity contribution in [2.24, 2.45) is 0 Å². The van der Waals surface area contributed by atoms with Crippen molar-refractivity contribution in [3.05, 3.63) is 29.8 Å². The van der Waals surface area contributed by atoms with Crippen molar-refractivity contribution < 1.29 is 17.9 Å². The molecular formula is C13H16F3NO. The topological polar surface area (TPSA) is 12.5 Å². The molecule has 2 rings (SSSR count). The van der Waals surface area contributed by atoms with Gasteiger partial charge in [0.15, 0.2) is 0 Å². The number of hydrogen-bond donors (Lipinski definition) is 0. The van der Waals surface area contributed by atoms with Crippen molar-refractivity contribution >= 4 is 0 Å². The molecule has 1 aromatic carbocycles. The van der Waals surface area contributed by atoms with Crippen LogP contribution >= 0.6 is 0 Å². The van der Waals surface area contributed by atoms with Gasteiger partial charge in [0, 0.05) is 0 Å². The van der Waals surface area contributed by atoms with E-state index in [4.69, 9.17) is 4.74 Å². The third-order valence-electron chi connectivity index (χ3n) is 3.25. The van der Waals surface area contributed by atoms with Crippen molar-refractivity contribution in [2.45, 2.75) is 25.1 Å². The molecule has 18 heavy (non-hydrogen) atoms. The molecule has 0 spiro atoms. The zero-order chi connectivity index (χ0) is 13.2. The standard InChI is InChI=1S/C13H16F3NO/c1-18-11-6-4-10(5-7-11)12(13(14,15)16)17-8-2-3-9-17/h4-7,12H,2-3,8-9H2,1H3. The molecule has 1 aromatic rings. The van der Waals surface area contributed by atoms with Crippen molar-refractivity contribution in [1.29, 1.82) is 0 Å². The van der Waals surface area contributed by atoms with Crippen molar-refractivity contribution in [3.63, 3.8) is 0 Å². The summed E-state index contributed by atoms with van der Waals surface area (Å²) in [4.78, 5) is 1.50. The maximum atomic E-state index is 13.2. The van der Waals surface area contributed by atoms with Gasteiger partial charge in [-0.1, -0.05) is 12.1 Å². The van der Waals surface area contributed by atoms with E-state index < -0.39 is 12.2 Å². The van der Waals surface area contributed by atoms with Crippen LogP contribution in [0.1, 0.15) is 24.4 Å². The summed E-state index contributed by atoms with van der Waals surface area (Å²) in [6.45, 7) is 1.02. The Kier molecular flexibility index (Phi) is 3.80. The molecule has 0 bridgehead atoms. The smallest absolute Gasteiger partial charge is 0.408 e. The fraction of sp³-hybridized carbons (Fsp3) is 0.538. The molecule has 1 unspecified atom stereocenters. The van der Waals surface area contributed by atoms with Crippen LogP contribution < -0.4 is 4.74 Å². The Morgan fingerprint density at radius 2 is 1.67 bits per heavy atom. The first-order chi connectivity index (χ1) is 8.52. The molecule has 0 amide bonds. The largest absolute Gasteiger partial charge is 0.497 e. The molecule has 1 atom stereocenters. The molecule has 0 saturated carbocycles. The summed E-state index contributed by atoms with van der Waals surface area (Å²) in [5.74, 6) is 0.570. The van der Waals surface area contributed by atoms with Gasteiger partial charge in [0.1, 0.15) is 11.8 Å². The first-order valence-electron chi connectivity index (χ1n) is 5.97. The lowest BCUT2D eigenvalue weighted by atomic mass is 10.0. The van der Waals surface area contributed by atoms with Gasteiger partial charge < -0.3 is 4.74 Å². The minimum Gasteiger partial charge on any atom is -0.497 e. The Balaban J connectivity index is 2.27. The van der Waals surface area contributed by atoms with Gasteiger partial charge in [0.2, 0.25) is 0 Å². The minimum atomic E-state index is -4.24. The second-order valence-electron chi connectivity index (χ2n) is 4.46. The quantitative estimate of drug-likeness (QED) is 0.825. The fourth-order valence-corrected chi connectivity index (χ4v) is 2.39. The van der Waals surface area contributed by atoms with E-state index in [2.05, 4.69) is 0 Å². The summed E-state index contributed by atoms with van der Waals surface area (Å²) in [6.07, 6.45) is -2.57. The second kappa shape index (κ2) is 5.18. The SMILES string of the molecule is COc1ccc(C(N2CCCC2)C(F)(F)F)cc1. The van der Waals surface area contributed by atoms with E-state index in [1.807, 2.05) is 0 Å². The summed E-state index contributed by atoms with van der Waals surface area (Å²) >= 11 is 0. The molecule has 1 fully saturated rings. The van der Waals surface area contributed by atoms with Gasteiger partial charge in [0.25, 0.3) is 0 Å². The normalized spacial score (nSPS) is 18.9. The average molecular weight is 259 g/mol. The summed E-state index contributed by atoms with van der Waals surface area (Å²) in [5, 5.41) is 0. The number of halogens is 3. The maximum Gasteiger partial charge on any atom is 0.408 e. The Bertz CT molecular complexity index is 382. The zero-order valence-electron chi connectivity index (χ0n) is 10.2.